The van der Waals surface area contributed by atoms with E-state index in [9.17, 15) is 4.79 Å². The van der Waals surface area contributed by atoms with Crippen molar-refractivity contribution < 1.29 is 9.53 Å². The molecular formula is C7H8ClNO2. The Kier molecular flexibility index (Phi) is 2.54. The maximum absolute atomic E-state index is 11.0. The first-order valence-corrected chi connectivity index (χ1v) is 3.66. The van der Waals surface area contributed by atoms with Crippen LogP contribution in [0.2, 0.25) is 0 Å². The predicted molar refractivity (Wildman–Crippen MR) is 41.7 cm³/mol. The highest BCUT2D eigenvalue weighted by molar-refractivity contribution is 6.17. The molecule has 11 heavy (non-hydrogen) atoms. The van der Waals surface area contributed by atoms with E-state index in [-0.39, 0.29) is 6.07 Å². The van der Waals surface area contributed by atoms with Crippen molar-refractivity contribution >= 4 is 17.6 Å². The zero-order chi connectivity index (χ0) is 8.27. The minimum atomic E-state index is -0.414. The van der Waals surface area contributed by atoms with Crippen LogP contribution in [0.3, 0.4) is 0 Å². The van der Waals surface area contributed by atoms with E-state index in [0.717, 1.165) is 5.56 Å². The van der Waals surface area contributed by atoms with Gasteiger partial charge in [-0.2, -0.15) is 0 Å². The molecule has 0 aromatic carbocycles. The van der Waals surface area contributed by atoms with Gasteiger partial charge in [-0.1, -0.05) is 11.6 Å². The Balaban J connectivity index is 2.76. The van der Waals surface area contributed by atoms with Crippen LogP contribution in [0.15, 0.2) is 12.3 Å². The molecule has 0 aliphatic heterocycles. The highest BCUT2D eigenvalue weighted by Gasteiger charge is 2.09. The van der Waals surface area contributed by atoms with Crippen molar-refractivity contribution in [3.8, 4) is 0 Å². The van der Waals surface area contributed by atoms with E-state index in [1.54, 1.807) is 12.3 Å². The van der Waals surface area contributed by atoms with Gasteiger partial charge in [-0.15, -0.1) is 0 Å². The van der Waals surface area contributed by atoms with Gasteiger partial charge in [0.15, 0.2) is 6.07 Å². The van der Waals surface area contributed by atoms with E-state index in [4.69, 9.17) is 11.6 Å². The second-order valence-electron chi connectivity index (χ2n) is 2.08. The van der Waals surface area contributed by atoms with Crippen LogP contribution < -0.4 is 0 Å². The second-order valence-corrected chi connectivity index (χ2v) is 2.29. The van der Waals surface area contributed by atoms with Gasteiger partial charge in [0.1, 0.15) is 5.69 Å². The van der Waals surface area contributed by atoms with E-state index >= 15 is 0 Å². The van der Waals surface area contributed by atoms with Gasteiger partial charge in [-0.3, -0.25) is 0 Å². The summed E-state index contributed by atoms with van der Waals surface area (Å²) in [5.74, 6) is -0.414. The van der Waals surface area contributed by atoms with E-state index in [1.165, 1.54) is 0 Å². The fourth-order valence-corrected chi connectivity index (χ4v) is 0.888. The molecular weight excluding hydrogens is 166 g/mol. The number of H-pyrrole nitrogens is 1. The summed E-state index contributed by atoms with van der Waals surface area (Å²) in [6.45, 7) is 1.82. The van der Waals surface area contributed by atoms with Crippen LogP contribution in [0.5, 0.6) is 0 Å². The minimum absolute atomic E-state index is 0.114. The molecule has 1 rings (SSSR count). The van der Waals surface area contributed by atoms with E-state index in [2.05, 4.69) is 9.72 Å². The lowest BCUT2D eigenvalue weighted by Crippen LogP contribution is -2.05. The number of aromatic amines is 1. The highest BCUT2D eigenvalue weighted by atomic mass is 35.5. The van der Waals surface area contributed by atoms with E-state index < -0.39 is 5.97 Å². The standard InChI is InChI=1S/C7H8ClNO2/c1-5-2-3-9-6(5)7(10)11-4-8/h2-3,9H,4H2,1H3. The van der Waals surface area contributed by atoms with Crippen molar-refractivity contribution in [1.29, 1.82) is 0 Å². The summed E-state index contributed by atoms with van der Waals surface area (Å²) in [7, 11) is 0. The van der Waals surface area contributed by atoms with Crippen LogP contribution in [0.4, 0.5) is 0 Å². The first kappa shape index (κ1) is 8.14. The Hall–Kier alpha value is -0.960. The molecule has 0 fully saturated rings. The third-order valence-corrected chi connectivity index (χ3v) is 1.45. The first-order valence-electron chi connectivity index (χ1n) is 3.12. The van der Waals surface area contributed by atoms with Gasteiger partial charge in [0, 0.05) is 6.20 Å². The number of hydrogen-bond acceptors (Lipinski definition) is 2. The van der Waals surface area contributed by atoms with Gasteiger partial charge < -0.3 is 9.72 Å². The van der Waals surface area contributed by atoms with Gasteiger partial charge in [0.05, 0.1) is 0 Å². The summed E-state index contributed by atoms with van der Waals surface area (Å²) >= 11 is 5.21. The van der Waals surface area contributed by atoms with Crippen molar-refractivity contribution in [2.75, 3.05) is 6.07 Å². The lowest BCUT2D eigenvalue weighted by molar-refractivity contribution is 0.0567. The summed E-state index contributed by atoms with van der Waals surface area (Å²) in [4.78, 5) is 13.7. The molecule has 0 saturated carbocycles. The van der Waals surface area contributed by atoms with Crippen molar-refractivity contribution in [3.05, 3.63) is 23.5 Å². The third-order valence-electron chi connectivity index (χ3n) is 1.35. The molecule has 0 radical (unpaired) electrons. The molecule has 0 amide bonds. The van der Waals surface area contributed by atoms with Crippen LogP contribution >= 0.6 is 11.6 Å². The summed E-state index contributed by atoms with van der Waals surface area (Å²) in [5, 5.41) is 0. The fourth-order valence-electron chi connectivity index (χ4n) is 0.789. The molecule has 1 aromatic heterocycles. The van der Waals surface area contributed by atoms with E-state index in [0.29, 0.717) is 5.69 Å². The lowest BCUT2D eigenvalue weighted by atomic mass is 10.3. The molecule has 3 nitrogen and oxygen atoms in total. The van der Waals surface area contributed by atoms with Crippen molar-refractivity contribution in [1.82, 2.24) is 4.98 Å². The number of esters is 1. The average Bonchev–Trinajstić information content (AvgIpc) is 2.36. The maximum Gasteiger partial charge on any atom is 0.356 e. The fraction of sp³-hybridized carbons (Fsp3) is 0.286. The monoisotopic (exact) mass is 173 g/mol. The van der Waals surface area contributed by atoms with Gasteiger partial charge in [0.25, 0.3) is 0 Å². The van der Waals surface area contributed by atoms with Gasteiger partial charge in [0.2, 0.25) is 0 Å². The number of aryl methyl sites for hydroxylation is 1. The zero-order valence-electron chi connectivity index (χ0n) is 6.06. The first-order chi connectivity index (χ1) is 5.25. The molecule has 1 N–H and O–H groups in total. The maximum atomic E-state index is 11.0. The Morgan fingerprint density at radius 3 is 3.00 bits per heavy atom. The number of ether oxygens (including phenoxy) is 1. The third kappa shape index (κ3) is 1.74. The number of carbonyl (C=O) groups is 1. The van der Waals surface area contributed by atoms with Gasteiger partial charge >= 0.3 is 5.97 Å². The Morgan fingerprint density at radius 2 is 2.55 bits per heavy atom. The molecule has 1 heterocycles. The smallest absolute Gasteiger partial charge is 0.356 e. The van der Waals surface area contributed by atoms with Crippen LogP contribution in [0.25, 0.3) is 0 Å². The molecule has 0 spiro atoms. The van der Waals surface area contributed by atoms with Gasteiger partial charge in [-0.25, -0.2) is 4.79 Å². The van der Waals surface area contributed by atoms with Crippen molar-refractivity contribution in [2.24, 2.45) is 0 Å². The topological polar surface area (TPSA) is 42.1 Å². The summed E-state index contributed by atoms with van der Waals surface area (Å²) in [6, 6.07) is 1.68. The molecule has 0 unspecified atom stereocenters. The number of nitrogens with one attached hydrogen (secondary N) is 1. The molecule has 1 aromatic rings. The van der Waals surface area contributed by atoms with Crippen LogP contribution in [-0.4, -0.2) is 17.0 Å². The van der Waals surface area contributed by atoms with Gasteiger partial charge in [-0.05, 0) is 18.6 Å². The van der Waals surface area contributed by atoms with Crippen LogP contribution in [-0.2, 0) is 4.74 Å². The molecule has 0 aliphatic carbocycles. The van der Waals surface area contributed by atoms with Crippen molar-refractivity contribution in [2.45, 2.75) is 6.92 Å². The molecule has 0 atom stereocenters. The van der Waals surface area contributed by atoms with Crippen LogP contribution in [0.1, 0.15) is 16.1 Å². The second kappa shape index (κ2) is 3.44. The number of carbonyl (C=O) groups excluding carboxylic acids is 1. The molecule has 0 bridgehead atoms. The lowest BCUT2D eigenvalue weighted by Gasteiger charge is -1.97. The summed E-state index contributed by atoms with van der Waals surface area (Å²) in [5.41, 5.74) is 1.32. The molecule has 60 valence electrons. The molecule has 0 aliphatic rings. The average molecular weight is 174 g/mol. The van der Waals surface area contributed by atoms with E-state index in [1.807, 2.05) is 6.92 Å². The number of halogens is 1. The molecule has 4 heteroatoms. The Labute approximate surface area is 69.3 Å². The normalized spacial score (nSPS) is 9.64. The zero-order valence-corrected chi connectivity index (χ0v) is 6.81. The predicted octanol–water partition coefficient (Wildman–Crippen LogP) is 1.68. The highest BCUT2D eigenvalue weighted by Crippen LogP contribution is 2.05. The van der Waals surface area contributed by atoms with Crippen molar-refractivity contribution in [3.63, 3.8) is 0 Å². The number of hydrogen-bond donors (Lipinski definition) is 1. The number of aromatic nitrogens is 1. The largest absolute Gasteiger partial charge is 0.445 e. The number of alkyl halides is 1. The Morgan fingerprint density at radius 1 is 1.82 bits per heavy atom. The summed E-state index contributed by atoms with van der Waals surface area (Å²) < 4.78 is 4.56. The number of rotatable bonds is 2. The summed E-state index contributed by atoms with van der Waals surface area (Å²) in [6.07, 6.45) is 1.68. The quantitative estimate of drug-likeness (QED) is 0.546. The van der Waals surface area contributed by atoms with Crippen LogP contribution in [0, 0.1) is 6.92 Å². The SMILES string of the molecule is Cc1cc[nH]c1C(=O)OCCl. The molecule has 0 saturated heterocycles. The Bertz CT molecular complexity index is 257. The minimum Gasteiger partial charge on any atom is -0.445 e.